The van der Waals surface area contributed by atoms with Crippen LogP contribution in [0.2, 0.25) is 0 Å². The van der Waals surface area contributed by atoms with E-state index in [4.69, 9.17) is 4.74 Å². The van der Waals surface area contributed by atoms with Crippen molar-refractivity contribution in [2.45, 2.75) is 43.6 Å². The van der Waals surface area contributed by atoms with E-state index >= 15 is 0 Å². The Kier molecular flexibility index (Phi) is 8.78. The molecule has 1 amide bonds. The maximum Gasteiger partial charge on any atom is 0.258 e. The van der Waals surface area contributed by atoms with Crippen LogP contribution in [0.1, 0.15) is 36.8 Å². The van der Waals surface area contributed by atoms with Gasteiger partial charge >= 0.3 is 0 Å². The van der Waals surface area contributed by atoms with Crippen molar-refractivity contribution < 1.29 is 9.53 Å². The van der Waals surface area contributed by atoms with E-state index < -0.39 is 0 Å². The number of guanidine groups is 1. The maximum atomic E-state index is 11.7. The molecule has 172 valence electrons. The monoisotopic (exact) mass is 548 g/mol. The van der Waals surface area contributed by atoms with Gasteiger partial charge in [0.15, 0.2) is 12.6 Å². The van der Waals surface area contributed by atoms with Crippen molar-refractivity contribution in [3.8, 4) is 5.75 Å². The number of carbonyl (C=O) groups is 1. The zero-order valence-electron chi connectivity index (χ0n) is 18.6. The summed E-state index contributed by atoms with van der Waals surface area (Å²) < 4.78 is 5.56. The molecule has 0 aromatic heterocycles. The van der Waals surface area contributed by atoms with Crippen LogP contribution in [-0.4, -0.2) is 44.7 Å². The molecule has 0 unspecified atom stereocenters. The molecule has 0 radical (unpaired) electrons. The highest BCUT2D eigenvalue weighted by Crippen LogP contribution is 2.47. The predicted octanol–water partition coefficient (Wildman–Crippen LogP) is 3.40. The fourth-order valence-electron chi connectivity index (χ4n) is 3.71. The van der Waals surface area contributed by atoms with Crippen molar-refractivity contribution in [2.75, 3.05) is 26.7 Å². The SMILES string of the molecule is CN=C(NCCc1ccc(OCC(=O)NC2CC2)cc1)NCC1(c2ccccc2)CC1.I. The molecule has 2 aromatic carbocycles. The van der Waals surface area contributed by atoms with Crippen molar-refractivity contribution in [3.63, 3.8) is 0 Å². The molecule has 6 nitrogen and oxygen atoms in total. The third-order valence-electron chi connectivity index (χ3n) is 6.00. The van der Waals surface area contributed by atoms with Crippen LogP contribution < -0.4 is 20.7 Å². The molecule has 2 fully saturated rings. The van der Waals surface area contributed by atoms with E-state index in [-0.39, 0.29) is 41.9 Å². The van der Waals surface area contributed by atoms with Gasteiger partial charge in [0.05, 0.1) is 0 Å². The van der Waals surface area contributed by atoms with Crippen LogP contribution in [0.4, 0.5) is 0 Å². The van der Waals surface area contributed by atoms with Crippen LogP contribution in [0.5, 0.6) is 5.75 Å². The molecule has 0 atom stereocenters. The number of carbonyl (C=O) groups excluding carboxylic acids is 1. The molecule has 0 aliphatic heterocycles. The quantitative estimate of drug-likeness (QED) is 0.242. The summed E-state index contributed by atoms with van der Waals surface area (Å²) in [5, 5.41) is 9.82. The Balaban J connectivity index is 0.00000289. The van der Waals surface area contributed by atoms with Gasteiger partial charge in [-0.2, -0.15) is 0 Å². The average Bonchev–Trinajstić information content (AvgIpc) is 3.73. The number of rotatable bonds is 10. The van der Waals surface area contributed by atoms with Crippen molar-refractivity contribution in [3.05, 3.63) is 65.7 Å². The smallest absolute Gasteiger partial charge is 0.258 e. The van der Waals surface area contributed by atoms with Crippen LogP contribution >= 0.6 is 24.0 Å². The van der Waals surface area contributed by atoms with Gasteiger partial charge < -0.3 is 20.7 Å². The van der Waals surface area contributed by atoms with E-state index in [1.54, 1.807) is 0 Å². The number of aliphatic imine (C=N–C) groups is 1. The summed E-state index contributed by atoms with van der Waals surface area (Å²) in [6.07, 6.45) is 5.49. The summed E-state index contributed by atoms with van der Waals surface area (Å²) in [6.45, 7) is 1.77. The van der Waals surface area contributed by atoms with Gasteiger partial charge in [0.1, 0.15) is 5.75 Å². The van der Waals surface area contributed by atoms with E-state index in [1.807, 2.05) is 31.3 Å². The molecule has 0 spiro atoms. The lowest BCUT2D eigenvalue weighted by molar-refractivity contribution is -0.123. The highest BCUT2D eigenvalue weighted by Gasteiger charge is 2.43. The van der Waals surface area contributed by atoms with Gasteiger partial charge in [-0.3, -0.25) is 9.79 Å². The number of benzene rings is 2. The van der Waals surface area contributed by atoms with Crippen LogP contribution in [0, 0.1) is 0 Å². The molecule has 0 heterocycles. The van der Waals surface area contributed by atoms with E-state index in [1.165, 1.54) is 24.0 Å². The Hall–Kier alpha value is -2.29. The molecule has 3 N–H and O–H groups in total. The summed E-state index contributed by atoms with van der Waals surface area (Å²) in [4.78, 5) is 16.1. The van der Waals surface area contributed by atoms with Crippen molar-refractivity contribution in [2.24, 2.45) is 4.99 Å². The molecule has 7 heteroatoms. The van der Waals surface area contributed by atoms with Crippen LogP contribution in [0.15, 0.2) is 59.6 Å². The van der Waals surface area contributed by atoms with Crippen molar-refractivity contribution in [1.82, 2.24) is 16.0 Å². The summed E-state index contributed by atoms with van der Waals surface area (Å²) >= 11 is 0. The Labute approximate surface area is 207 Å². The van der Waals surface area contributed by atoms with Gasteiger partial charge in [0, 0.05) is 31.6 Å². The number of hydrogen-bond acceptors (Lipinski definition) is 3. The Morgan fingerprint density at radius 1 is 1.06 bits per heavy atom. The summed E-state index contributed by atoms with van der Waals surface area (Å²) in [5.41, 5.74) is 2.87. The van der Waals surface area contributed by atoms with Gasteiger partial charge in [0.2, 0.25) is 0 Å². The van der Waals surface area contributed by atoms with Crippen molar-refractivity contribution in [1.29, 1.82) is 0 Å². The number of ether oxygens (including phenoxy) is 1. The minimum atomic E-state index is -0.0464. The largest absolute Gasteiger partial charge is 0.484 e. The van der Waals surface area contributed by atoms with Gasteiger partial charge in [0.25, 0.3) is 5.91 Å². The normalized spacial score (nSPS) is 16.5. The second-order valence-electron chi connectivity index (χ2n) is 8.52. The van der Waals surface area contributed by atoms with Crippen LogP contribution in [0.25, 0.3) is 0 Å². The number of nitrogens with one attached hydrogen (secondary N) is 3. The second kappa shape index (κ2) is 11.5. The Morgan fingerprint density at radius 3 is 2.41 bits per heavy atom. The first-order valence-electron chi connectivity index (χ1n) is 11.2. The minimum Gasteiger partial charge on any atom is -0.484 e. The van der Waals surface area contributed by atoms with Crippen molar-refractivity contribution >= 4 is 35.8 Å². The lowest BCUT2D eigenvalue weighted by atomic mass is 9.96. The third kappa shape index (κ3) is 7.12. The summed E-state index contributed by atoms with van der Waals surface area (Å²) in [5.74, 6) is 1.51. The Bertz CT molecular complexity index is 894. The minimum absolute atomic E-state index is 0. The molecule has 4 rings (SSSR count). The molecule has 2 aromatic rings. The van der Waals surface area contributed by atoms with Crippen LogP contribution in [-0.2, 0) is 16.6 Å². The lowest BCUT2D eigenvalue weighted by Gasteiger charge is -2.19. The zero-order chi connectivity index (χ0) is 21.5. The lowest BCUT2D eigenvalue weighted by Crippen LogP contribution is -2.41. The molecule has 0 bridgehead atoms. The van der Waals surface area contributed by atoms with E-state index in [0.717, 1.165) is 44.1 Å². The maximum absolute atomic E-state index is 11.7. The molecule has 0 saturated heterocycles. The fraction of sp³-hybridized carbons (Fsp3) is 0.440. The van der Waals surface area contributed by atoms with E-state index in [0.29, 0.717) is 6.04 Å². The zero-order valence-corrected chi connectivity index (χ0v) is 20.9. The molecular weight excluding hydrogens is 515 g/mol. The first-order valence-corrected chi connectivity index (χ1v) is 11.2. The van der Waals surface area contributed by atoms with Gasteiger partial charge in [-0.1, -0.05) is 42.5 Å². The molecule has 2 aliphatic carbocycles. The summed E-state index contributed by atoms with van der Waals surface area (Å²) in [7, 11) is 1.81. The van der Waals surface area contributed by atoms with E-state index in [2.05, 4.69) is 51.3 Å². The molecular formula is C25H33IN4O2. The topological polar surface area (TPSA) is 74.8 Å². The number of halogens is 1. The van der Waals surface area contributed by atoms with E-state index in [9.17, 15) is 4.79 Å². The molecule has 2 saturated carbocycles. The Morgan fingerprint density at radius 2 is 1.78 bits per heavy atom. The number of hydrogen-bond donors (Lipinski definition) is 3. The third-order valence-corrected chi connectivity index (χ3v) is 6.00. The van der Waals surface area contributed by atoms with Gasteiger partial charge in [-0.05, 0) is 55.4 Å². The summed E-state index contributed by atoms with van der Waals surface area (Å²) in [6, 6.07) is 19.0. The van der Waals surface area contributed by atoms with Crippen LogP contribution in [0.3, 0.4) is 0 Å². The van der Waals surface area contributed by atoms with Gasteiger partial charge in [-0.15, -0.1) is 24.0 Å². The molecule has 2 aliphatic rings. The fourth-order valence-corrected chi connectivity index (χ4v) is 3.71. The average molecular weight is 548 g/mol. The number of amides is 1. The highest BCUT2D eigenvalue weighted by molar-refractivity contribution is 14.0. The second-order valence-corrected chi connectivity index (χ2v) is 8.52. The first kappa shape index (κ1) is 24.4. The predicted molar refractivity (Wildman–Crippen MR) is 139 cm³/mol. The first-order chi connectivity index (χ1) is 15.2. The number of nitrogens with zero attached hydrogens (tertiary/aromatic N) is 1. The standard InChI is InChI=1S/C25H32N4O2.HI/c1-26-24(28-18-25(14-15-25)20-5-3-2-4-6-20)27-16-13-19-7-11-22(12-8-19)31-17-23(30)29-21-9-10-21;/h2-8,11-12,21H,9-10,13-18H2,1H3,(H,29,30)(H2,26,27,28);1H. The highest BCUT2D eigenvalue weighted by atomic mass is 127. The van der Waals surface area contributed by atoms with Gasteiger partial charge in [-0.25, -0.2) is 0 Å². The molecule has 32 heavy (non-hydrogen) atoms.